The Labute approximate surface area is 141 Å². The molecule has 0 spiro atoms. The van der Waals surface area contributed by atoms with Crippen LogP contribution in [0.5, 0.6) is 11.5 Å². The predicted molar refractivity (Wildman–Crippen MR) is 94.7 cm³/mol. The first-order valence-corrected chi connectivity index (χ1v) is 7.52. The molecule has 0 heterocycles. The number of carbonyl (C=O) groups excluding carboxylic acids is 1. The van der Waals surface area contributed by atoms with Gasteiger partial charge >= 0.3 is 0 Å². The Hall–Kier alpha value is -3.02. The molecule has 0 saturated heterocycles. The van der Waals surface area contributed by atoms with Gasteiger partial charge in [-0.15, -0.1) is 0 Å². The second kappa shape index (κ2) is 8.01. The minimum atomic E-state index is -0.456. The summed E-state index contributed by atoms with van der Waals surface area (Å²) in [6.07, 6.45) is 1.37. The summed E-state index contributed by atoms with van der Waals surface area (Å²) in [5.41, 5.74) is 4.88. The third kappa shape index (κ3) is 4.74. The van der Waals surface area contributed by atoms with Gasteiger partial charge in [0.15, 0.2) is 0 Å². The lowest BCUT2D eigenvalue weighted by molar-refractivity contribution is -0.121. The number of hydrogen-bond acceptors (Lipinski definition) is 5. The molecular formula is C18H21N3O3. The molecule has 0 aromatic heterocycles. The van der Waals surface area contributed by atoms with Gasteiger partial charge < -0.3 is 15.2 Å². The Bertz CT molecular complexity index is 744. The average molecular weight is 327 g/mol. The molecule has 3 N–H and O–H groups in total. The summed E-state index contributed by atoms with van der Waals surface area (Å²) < 4.78 is 5.08. The molecule has 6 heteroatoms. The number of phenols is 1. The van der Waals surface area contributed by atoms with Crippen LogP contribution in [-0.4, -0.2) is 30.4 Å². The molecule has 0 aliphatic rings. The van der Waals surface area contributed by atoms with Gasteiger partial charge in [0.05, 0.1) is 13.3 Å². The molecule has 0 aliphatic heterocycles. The van der Waals surface area contributed by atoms with Crippen molar-refractivity contribution in [3.63, 3.8) is 0 Å². The fourth-order valence-electron chi connectivity index (χ4n) is 2.08. The van der Waals surface area contributed by atoms with Gasteiger partial charge in [0, 0.05) is 11.3 Å². The van der Waals surface area contributed by atoms with Gasteiger partial charge in [0.25, 0.3) is 5.91 Å². The number of amides is 1. The summed E-state index contributed by atoms with van der Waals surface area (Å²) in [5.74, 6) is 0.366. The third-order valence-electron chi connectivity index (χ3n) is 3.41. The van der Waals surface area contributed by atoms with E-state index in [-0.39, 0.29) is 11.7 Å². The van der Waals surface area contributed by atoms with Gasteiger partial charge in [-0.05, 0) is 49.7 Å². The predicted octanol–water partition coefficient (Wildman–Crippen LogP) is 2.66. The molecule has 2 aromatic carbocycles. The number of benzene rings is 2. The van der Waals surface area contributed by atoms with Gasteiger partial charge in [0.2, 0.25) is 0 Å². The highest BCUT2D eigenvalue weighted by molar-refractivity contribution is 5.88. The average Bonchev–Trinajstić information content (AvgIpc) is 2.56. The SMILES string of the molecule is COc1ccc(O)c(C=NNC(=O)[C@H](C)Nc2cccc(C)c2)c1. The van der Waals surface area contributed by atoms with Crippen molar-refractivity contribution in [3.8, 4) is 11.5 Å². The number of aryl methyl sites for hydroxylation is 1. The highest BCUT2D eigenvalue weighted by Crippen LogP contribution is 2.20. The van der Waals surface area contributed by atoms with Gasteiger partial charge in [-0.25, -0.2) is 5.43 Å². The zero-order chi connectivity index (χ0) is 17.5. The van der Waals surface area contributed by atoms with Crippen LogP contribution in [0.25, 0.3) is 0 Å². The summed E-state index contributed by atoms with van der Waals surface area (Å²) in [5, 5.41) is 16.7. The number of ether oxygens (including phenoxy) is 1. The number of nitrogens with one attached hydrogen (secondary N) is 2. The first-order valence-electron chi connectivity index (χ1n) is 7.52. The standard InChI is InChI=1S/C18H21N3O3/c1-12-5-4-6-15(9-12)20-13(2)18(23)21-19-11-14-10-16(24-3)7-8-17(14)22/h4-11,13,20,22H,1-3H3,(H,21,23)/t13-/m0/s1. The summed E-state index contributed by atoms with van der Waals surface area (Å²) in [6.45, 7) is 3.73. The van der Waals surface area contributed by atoms with Crippen LogP contribution in [-0.2, 0) is 4.79 Å². The summed E-state index contributed by atoms with van der Waals surface area (Å²) in [6, 6.07) is 12.1. The van der Waals surface area contributed by atoms with E-state index < -0.39 is 6.04 Å². The fraction of sp³-hybridized carbons (Fsp3) is 0.222. The lowest BCUT2D eigenvalue weighted by Crippen LogP contribution is -2.34. The van der Waals surface area contributed by atoms with E-state index in [2.05, 4.69) is 15.8 Å². The quantitative estimate of drug-likeness (QED) is 0.563. The smallest absolute Gasteiger partial charge is 0.262 e. The van der Waals surface area contributed by atoms with Crippen molar-refractivity contribution >= 4 is 17.8 Å². The number of rotatable bonds is 6. The zero-order valence-electron chi connectivity index (χ0n) is 13.9. The molecule has 0 unspecified atom stereocenters. The second-order valence-electron chi connectivity index (χ2n) is 5.39. The van der Waals surface area contributed by atoms with Gasteiger partial charge in [-0.1, -0.05) is 12.1 Å². The van der Waals surface area contributed by atoms with Gasteiger partial charge in [0.1, 0.15) is 17.5 Å². The van der Waals surface area contributed by atoms with Gasteiger partial charge in [-0.3, -0.25) is 4.79 Å². The highest BCUT2D eigenvalue weighted by Gasteiger charge is 2.11. The van der Waals surface area contributed by atoms with Crippen LogP contribution < -0.4 is 15.5 Å². The normalized spacial score (nSPS) is 12.0. The molecule has 0 radical (unpaired) electrons. The van der Waals surface area contributed by atoms with Crippen LogP contribution in [0.2, 0.25) is 0 Å². The minimum absolute atomic E-state index is 0.0553. The van der Waals surface area contributed by atoms with Crippen molar-refractivity contribution in [2.75, 3.05) is 12.4 Å². The van der Waals surface area contributed by atoms with Crippen LogP contribution in [0.1, 0.15) is 18.1 Å². The van der Waals surface area contributed by atoms with Crippen LogP contribution in [0.4, 0.5) is 5.69 Å². The molecule has 0 fully saturated rings. The number of phenolic OH excluding ortho intramolecular Hbond substituents is 1. The number of hydrogen-bond donors (Lipinski definition) is 3. The van der Waals surface area contributed by atoms with Crippen LogP contribution in [0, 0.1) is 6.92 Å². The van der Waals surface area contributed by atoms with Crippen molar-refractivity contribution in [1.82, 2.24) is 5.43 Å². The van der Waals surface area contributed by atoms with E-state index in [0.29, 0.717) is 11.3 Å². The van der Waals surface area contributed by atoms with E-state index in [4.69, 9.17) is 4.74 Å². The van der Waals surface area contributed by atoms with Crippen LogP contribution in [0.3, 0.4) is 0 Å². The maximum atomic E-state index is 12.1. The fourth-order valence-corrected chi connectivity index (χ4v) is 2.08. The molecule has 0 aliphatic carbocycles. The van der Waals surface area contributed by atoms with E-state index in [1.165, 1.54) is 19.4 Å². The summed E-state index contributed by atoms with van der Waals surface area (Å²) >= 11 is 0. The Balaban J connectivity index is 1.94. The molecule has 2 rings (SSSR count). The van der Waals surface area contributed by atoms with Crippen molar-refractivity contribution in [2.24, 2.45) is 5.10 Å². The molecule has 6 nitrogen and oxygen atoms in total. The van der Waals surface area contributed by atoms with Crippen LogP contribution in [0.15, 0.2) is 47.6 Å². The molecule has 126 valence electrons. The van der Waals surface area contributed by atoms with Gasteiger partial charge in [-0.2, -0.15) is 5.10 Å². The maximum absolute atomic E-state index is 12.1. The molecule has 0 saturated carbocycles. The molecular weight excluding hydrogens is 306 g/mol. The van der Waals surface area contributed by atoms with E-state index in [1.54, 1.807) is 19.1 Å². The Morgan fingerprint density at radius 3 is 2.79 bits per heavy atom. The van der Waals surface area contributed by atoms with Crippen molar-refractivity contribution in [1.29, 1.82) is 0 Å². The minimum Gasteiger partial charge on any atom is -0.507 e. The number of methoxy groups -OCH3 is 1. The number of hydrazone groups is 1. The van der Waals surface area contributed by atoms with E-state index in [9.17, 15) is 9.90 Å². The molecule has 2 aromatic rings. The van der Waals surface area contributed by atoms with Crippen molar-refractivity contribution in [2.45, 2.75) is 19.9 Å². The molecule has 0 bridgehead atoms. The summed E-state index contributed by atoms with van der Waals surface area (Å²) in [7, 11) is 1.54. The number of anilines is 1. The molecule has 24 heavy (non-hydrogen) atoms. The Kier molecular flexibility index (Phi) is 5.78. The lowest BCUT2D eigenvalue weighted by Gasteiger charge is -2.13. The number of nitrogens with zero attached hydrogens (tertiary/aromatic N) is 1. The number of carbonyl (C=O) groups is 1. The van der Waals surface area contributed by atoms with Crippen LogP contribution >= 0.6 is 0 Å². The van der Waals surface area contributed by atoms with E-state index >= 15 is 0 Å². The van der Waals surface area contributed by atoms with E-state index in [0.717, 1.165) is 11.3 Å². The maximum Gasteiger partial charge on any atom is 0.262 e. The number of aromatic hydroxyl groups is 1. The lowest BCUT2D eigenvalue weighted by atomic mass is 10.2. The monoisotopic (exact) mass is 327 g/mol. The first kappa shape index (κ1) is 17.3. The Morgan fingerprint density at radius 1 is 1.29 bits per heavy atom. The van der Waals surface area contributed by atoms with E-state index in [1.807, 2.05) is 31.2 Å². The third-order valence-corrected chi connectivity index (χ3v) is 3.41. The highest BCUT2D eigenvalue weighted by atomic mass is 16.5. The van der Waals surface area contributed by atoms with Crippen molar-refractivity contribution in [3.05, 3.63) is 53.6 Å². The Morgan fingerprint density at radius 2 is 2.08 bits per heavy atom. The first-order chi connectivity index (χ1) is 11.5. The topological polar surface area (TPSA) is 83.0 Å². The molecule has 1 atom stereocenters. The summed E-state index contributed by atoms with van der Waals surface area (Å²) in [4.78, 5) is 12.1. The zero-order valence-corrected chi connectivity index (χ0v) is 13.9. The van der Waals surface area contributed by atoms with Crippen molar-refractivity contribution < 1.29 is 14.6 Å². The second-order valence-corrected chi connectivity index (χ2v) is 5.39. The largest absolute Gasteiger partial charge is 0.507 e. The molecule has 1 amide bonds.